The largest absolute Gasteiger partial charge is 0.497 e. The van der Waals surface area contributed by atoms with Crippen molar-refractivity contribution in [2.24, 2.45) is 0 Å². The molecule has 1 aromatic heterocycles. The number of thioether (sulfide) groups is 1. The van der Waals surface area contributed by atoms with Crippen LogP contribution in [0.4, 0.5) is 0 Å². The molecule has 0 radical (unpaired) electrons. The Morgan fingerprint density at radius 3 is 2.38 bits per heavy atom. The first-order valence-electron chi connectivity index (χ1n) is 15.2. The van der Waals surface area contributed by atoms with Gasteiger partial charge >= 0.3 is 0 Å². The number of nitrogens with zero attached hydrogens (tertiary/aromatic N) is 5. The average Bonchev–Trinajstić information content (AvgIpc) is 3.47. The Labute approximate surface area is 270 Å². The van der Waals surface area contributed by atoms with Gasteiger partial charge in [0, 0.05) is 49.1 Å². The topological polar surface area (TPSA) is 97.6 Å². The van der Waals surface area contributed by atoms with Crippen LogP contribution in [0.15, 0.2) is 88.9 Å². The van der Waals surface area contributed by atoms with Crippen molar-refractivity contribution in [3.63, 3.8) is 0 Å². The van der Waals surface area contributed by atoms with E-state index in [4.69, 9.17) is 4.74 Å². The normalized spacial score (nSPS) is 16.1. The number of hydrogen-bond donors (Lipinski definition) is 0. The van der Waals surface area contributed by atoms with Crippen molar-refractivity contribution in [3.8, 4) is 22.8 Å². The van der Waals surface area contributed by atoms with Crippen LogP contribution in [0.1, 0.15) is 46.1 Å². The Hall–Kier alpha value is -3.67. The van der Waals surface area contributed by atoms with Gasteiger partial charge < -0.3 is 9.64 Å². The third-order valence-electron chi connectivity index (χ3n) is 7.99. The van der Waals surface area contributed by atoms with Gasteiger partial charge in [-0.15, -0.1) is 10.2 Å². The summed E-state index contributed by atoms with van der Waals surface area (Å²) in [5, 5.41) is 9.74. The van der Waals surface area contributed by atoms with E-state index in [1.54, 1.807) is 35.9 Å². The number of carbonyl (C=O) groups is 1. The molecule has 1 aliphatic heterocycles. The maximum atomic E-state index is 13.4. The van der Waals surface area contributed by atoms with Crippen LogP contribution in [0.5, 0.6) is 5.75 Å². The summed E-state index contributed by atoms with van der Waals surface area (Å²) in [6.45, 7) is 9.20. The summed E-state index contributed by atoms with van der Waals surface area (Å²) >= 11 is 1.56. The molecule has 9 nitrogen and oxygen atoms in total. The molecule has 1 unspecified atom stereocenters. The summed E-state index contributed by atoms with van der Waals surface area (Å²) < 4.78 is 35.8. The van der Waals surface area contributed by atoms with Crippen LogP contribution in [0.25, 0.3) is 17.1 Å². The van der Waals surface area contributed by atoms with E-state index >= 15 is 0 Å². The van der Waals surface area contributed by atoms with Gasteiger partial charge in [0.05, 0.1) is 12.0 Å². The van der Waals surface area contributed by atoms with Crippen molar-refractivity contribution in [2.45, 2.75) is 62.0 Å². The highest BCUT2D eigenvalue weighted by molar-refractivity contribution is 7.99. The number of aromatic nitrogens is 3. The van der Waals surface area contributed by atoms with E-state index in [-0.39, 0.29) is 28.8 Å². The summed E-state index contributed by atoms with van der Waals surface area (Å²) in [5.41, 5.74) is 2.87. The number of hydrogen-bond acceptors (Lipinski definition) is 7. The standard InChI is InChI=1S/C34H41N5O4S2/c1-25-24-37(20-21-38(25)45(41,42)30-18-16-27(17-19-30)34(2,3)4)31(40)15-10-22-44-33-36-35-32(26-11-9-14-29(23-26)43-5)39(33)28-12-7-6-8-13-28/h6-9,11-14,16-19,23,25H,10,15,20-22,24H2,1-5H3. The first-order chi connectivity index (χ1) is 21.5. The minimum atomic E-state index is -3.65. The van der Waals surface area contributed by atoms with Crippen LogP contribution in [-0.4, -0.2) is 76.8 Å². The number of benzene rings is 3. The lowest BCUT2D eigenvalue weighted by Crippen LogP contribution is -2.55. The molecule has 0 aliphatic carbocycles. The van der Waals surface area contributed by atoms with Crippen LogP contribution in [0.3, 0.4) is 0 Å². The minimum absolute atomic E-state index is 0.0376. The molecule has 1 atom stereocenters. The van der Waals surface area contributed by atoms with Gasteiger partial charge in [0.15, 0.2) is 11.0 Å². The molecule has 5 rings (SSSR count). The Bertz CT molecular complexity index is 1720. The van der Waals surface area contributed by atoms with Crippen molar-refractivity contribution in [1.29, 1.82) is 0 Å². The summed E-state index contributed by atoms with van der Waals surface area (Å²) in [7, 11) is -2.02. The Morgan fingerprint density at radius 2 is 1.71 bits per heavy atom. The lowest BCUT2D eigenvalue weighted by atomic mass is 9.87. The average molecular weight is 648 g/mol. The highest BCUT2D eigenvalue weighted by Crippen LogP contribution is 2.31. The predicted octanol–water partition coefficient (Wildman–Crippen LogP) is 6.03. The first kappa shape index (κ1) is 32.7. The lowest BCUT2D eigenvalue weighted by Gasteiger charge is -2.39. The number of piperazine rings is 1. The number of amides is 1. The highest BCUT2D eigenvalue weighted by Gasteiger charge is 2.35. The van der Waals surface area contributed by atoms with E-state index in [1.807, 2.05) is 78.2 Å². The predicted molar refractivity (Wildman–Crippen MR) is 178 cm³/mol. The van der Waals surface area contributed by atoms with Gasteiger partial charge in [-0.05, 0) is 60.7 Å². The zero-order valence-corrected chi connectivity index (χ0v) is 28.1. The number of methoxy groups -OCH3 is 1. The SMILES string of the molecule is COc1cccc(-c2nnc(SCCCC(=O)N3CCN(S(=O)(=O)c4ccc(C(C)(C)C)cc4)C(C)C3)n2-c2ccccc2)c1. The Kier molecular flexibility index (Phi) is 10.0. The molecular weight excluding hydrogens is 607 g/mol. The fourth-order valence-corrected chi connectivity index (χ4v) is 7.96. The maximum Gasteiger partial charge on any atom is 0.243 e. The molecule has 1 amide bonds. The van der Waals surface area contributed by atoms with E-state index < -0.39 is 10.0 Å². The number of para-hydroxylation sites is 1. The monoisotopic (exact) mass is 647 g/mol. The lowest BCUT2D eigenvalue weighted by molar-refractivity contribution is -0.133. The van der Waals surface area contributed by atoms with Crippen molar-refractivity contribution in [2.75, 3.05) is 32.5 Å². The second-order valence-electron chi connectivity index (χ2n) is 12.2. The van der Waals surface area contributed by atoms with E-state index in [2.05, 4.69) is 31.0 Å². The van der Waals surface area contributed by atoms with Crippen molar-refractivity contribution in [1.82, 2.24) is 24.0 Å². The second-order valence-corrected chi connectivity index (χ2v) is 15.2. The molecule has 45 heavy (non-hydrogen) atoms. The number of rotatable bonds is 10. The first-order valence-corrected chi connectivity index (χ1v) is 17.6. The van der Waals surface area contributed by atoms with Crippen LogP contribution in [0, 0.1) is 0 Å². The van der Waals surface area contributed by atoms with Gasteiger partial charge in [0.25, 0.3) is 0 Å². The Morgan fingerprint density at radius 1 is 0.978 bits per heavy atom. The van der Waals surface area contributed by atoms with Crippen molar-refractivity contribution >= 4 is 27.7 Å². The second kappa shape index (κ2) is 13.8. The van der Waals surface area contributed by atoms with Crippen LogP contribution >= 0.6 is 11.8 Å². The number of ether oxygens (including phenoxy) is 1. The smallest absolute Gasteiger partial charge is 0.243 e. The molecule has 11 heteroatoms. The Balaban J connectivity index is 1.18. The fourth-order valence-electron chi connectivity index (χ4n) is 5.45. The molecule has 3 aromatic carbocycles. The van der Waals surface area contributed by atoms with Crippen LogP contribution in [0.2, 0.25) is 0 Å². The molecule has 0 bridgehead atoms. The molecule has 2 heterocycles. The third kappa shape index (κ3) is 7.43. The molecule has 0 saturated carbocycles. The summed E-state index contributed by atoms with van der Waals surface area (Å²) in [6, 6.07) is 24.5. The quantitative estimate of drug-likeness (QED) is 0.153. The fraction of sp³-hybridized carbons (Fsp3) is 0.382. The molecule has 238 valence electrons. The van der Waals surface area contributed by atoms with Gasteiger partial charge in [-0.2, -0.15) is 4.31 Å². The summed E-state index contributed by atoms with van der Waals surface area (Å²) in [5.74, 6) is 2.18. The summed E-state index contributed by atoms with van der Waals surface area (Å²) in [6.07, 6.45) is 1.04. The number of carbonyl (C=O) groups excluding carboxylic acids is 1. The van der Waals surface area contributed by atoms with E-state index in [1.165, 1.54) is 4.31 Å². The van der Waals surface area contributed by atoms with E-state index in [0.717, 1.165) is 27.7 Å². The number of sulfonamides is 1. The molecule has 4 aromatic rings. The third-order valence-corrected chi connectivity index (χ3v) is 11.0. The maximum absolute atomic E-state index is 13.4. The van der Waals surface area contributed by atoms with Gasteiger partial charge in [-0.1, -0.05) is 75.0 Å². The van der Waals surface area contributed by atoms with Gasteiger partial charge in [-0.25, -0.2) is 8.42 Å². The summed E-state index contributed by atoms with van der Waals surface area (Å²) in [4.78, 5) is 15.2. The molecule has 1 aliphatic rings. The van der Waals surface area contributed by atoms with E-state index in [0.29, 0.717) is 37.5 Å². The van der Waals surface area contributed by atoms with Crippen LogP contribution < -0.4 is 4.74 Å². The molecule has 1 fully saturated rings. The molecule has 0 spiro atoms. The van der Waals surface area contributed by atoms with Crippen molar-refractivity contribution < 1.29 is 17.9 Å². The van der Waals surface area contributed by atoms with E-state index in [9.17, 15) is 13.2 Å². The molecule has 0 N–H and O–H groups in total. The van der Waals surface area contributed by atoms with Gasteiger partial charge in [0.1, 0.15) is 5.75 Å². The van der Waals surface area contributed by atoms with Crippen LogP contribution in [-0.2, 0) is 20.2 Å². The molecule has 1 saturated heterocycles. The zero-order valence-electron chi connectivity index (χ0n) is 26.5. The van der Waals surface area contributed by atoms with Gasteiger partial charge in [-0.3, -0.25) is 9.36 Å². The van der Waals surface area contributed by atoms with Gasteiger partial charge in [0.2, 0.25) is 15.9 Å². The van der Waals surface area contributed by atoms with Crippen molar-refractivity contribution in [3.05, 3.63) is 84.4 Å². The molecular formula is C34H41N5O4S2. The minimum Gasteiger partial charge on any atom is -0.497 e. The highest BCUT2D eigenvalue weighted by atomic mass is 32.2. The zero-order chi connectivity index (χ0) is 32.2.